The number of aromatic nitrogens is 2. The van der Waals surface area contributed by atoms with Gasteiger partial charge in [0.15, 0.2) is 5.82 Å². The number of aryl methyl sites for hydroxylation is 1. The van der Waals surface area contributed by atoms with Gasteiger partial charge in [0.1, 0.15) is 11.4 Å². The van der Waals surface area contributed by atoms with E-state index in [0.29, 0.717) is 22.8 Å². The molecule has 0 bridgehead atoms. The fraction of sp³-hybridized carbons (Fsp3) is 0.125. The van der Waals surface area contributed by atoms with Gasteiger partial charge in [-0.15, -0.1) is 10.2 Å². The van der Waals surface area contributed by atoms with Crippen molar-refractivity contribution in [3.8, 4) is 5.75 Å². The lowest BCUT2D eigenvalue weighted by atomic mass is 10.3. The van der Waals surface area contributed by atoms with Crippen molar-refractivity contribution >= 4 is 23.1 Å². The van der Waals surface area contributed by atoms with Gasteiger partial charge in [-0.1, -0.05) is 0 Å². The summed E-state index contributed by atoms with van der Waals surface area (Å²) in [4.78, 5) is 15.5. The highest BCUT2D eigenvalue weighted by atomic mass is 16.5. The van der Waals surface area contributed by atoms with E-state index in [-0.39, 0.29) is 5.56 Å². The van der Waals surface area contributed by atoms with Crippen molar-refractivity contribution in [1.29, 1.82) is 0 Å². The number of ether oxygens (including phenoxy) is 1. The van der Waals surface area contributed by atoms with Crippen molar-refractivity contribution in [3.63, 3.8) is 0 Å². The Hall–Kier alpha value is -3.22. The number of rotatable bonds is 4. The minimum atomic E-state index is -1.00. The maximum atomic E-state index is 11.1. The van der Waals surface area contributed by atoms with Crippen molar-refractivity contribution < 1.29 is 14.6 Å². The number of fused-ring (bicyclic) bond motifs is 1. The predicted octanol–water partition coefficient (Wildman–Crippen LogP) is 3.76. The normalized spacial score (nSPS) is 11.2. The van der Waals surface area contributed by atoms with Crippen molar-refractivity contribution in [1.82, 2.24) is 9.38 Å². The molecule has 1 aromatic carbocycles. The van der Waals surface area contributed by atoms with Crippen LogP contribution < -0.4 is 4.74 Å². The maximum Gasteiger partial charge on any atom is 0.337 e. The maximum absolute atomic E-state index is 11.1. The van der Waals surface area contributed by atoms with Gasteiger partial charge in [0.2, 0.25) is 0 Å². The monoisotopic (exact) mass is 310 g/mol. The predicted molar refractivity (Wildman–Crippen MR) is 84.1 cm³/mol. The Kier molecular flexibility index (Phi) is 3.76. The Morgan fingerprint density at radius 2 is 1.91 bits per heavy atom. The molecule has 116 valence electrons. The molecule has 2 aromatic heterocycles. The number of hydrogen-bond donors (Lipinski definition) is 1. The van der Waals surface area contributed by atoms with Gasteiger partial charge in [-0.05, 0) is 43.3 Å². The fourth-order valence-electron chi connectivity index (χ4n) is 2.15. The third-order valence-electron chi connectivity index (χ3n) is 3.34. The topological polar surface area (TPSA) is 88.5 Å². The minimum absolute atomic E-state index is 0.163. The number of carboxylic acids is 1. The molecule has 2 heterocycles. The average Bonchev–Trinajstić information content (AvgIpc) is 2.87. The highest BCUT2D eigenvalue weighted by Gasteiger charge is 2.11. The minimum Gasteiger partial charge on any atom is -0.497 e. The number of imidazole rings is 1. The van der Waals surface area contributed by atoms with E-state index in [1.165, 1.54) is 12.3 Å². The van der Waals surface area contributed by atoms with E-state index in [4.69, 9.17) is 9.84 Å². The molecule has 0 spiro atoms. The smallest absolute Gasteiger partial charge is 0.337 e. The van der Waals surface area contributed by atoms with E-state index in [2.05, 4.69) is 15.2 Å². The van der Waals surface area contributed by atoms with Gasteiger partial charge in [0.05, 0.1) is 24.1 Å². The molecule has 0 aliphatic heterocycles. The molecule has 0 amide bonds. The summed E-state index contributed by atoms with van der Waals surface area (Å²) in [5.41, 5.74) is 2.12. The van der Waals surface area contributed by atoms with Crippen LogP contribution in [-0.2, 0) is 0 Å². The molecule has 0 saturated heterocycles. The van der Waals surface area contributed by atoms with E-state index >= 15 is 0 Å². The van der Waals surface area contributed by atoms with Gasteiger partial charge >= 0.3 is 5.97 Å². The largest absolute Gasteiger partial charge is 0.497 e. The average molecular weight is 310 g/mol. The van der Waals surface area contributed by atoms with Crippen LogP contribution >= 0.6 is 0 Å². The zero-order valence-corrected chi connectivity index (χ0v) is 12.6. The van der Waals surface area contributed by atoms with Gasteiger partial charge < -0.3 is 9.84 Å². The summed E-state index contributed by atoms with van der Waals surface area (Å²) in [6.45, 7) is 1.80. The molecule has 0 atom stereocenters. The summed E-state index contributed by atoms with van der Waals surface area (Å²) in [7, 11) is 1.60. The number of carboxylic acid groups (broad SMARTS) is 1. The third-order valence-corrected chi connectivity index (χ3v) is 3.34. The summed E-state index contributed by atoms with van der Waals surface area (Å²) in [6, 6.07) is 10.3. The first-order valence-corrected chi connectivity index (χ1v) is 6.86. The molecule has 0 unspecified atom stereocenters. The summed E-state index contributed by atoms with van der Waals surface area (Å²) < 4.78 is 6.71. The second-order valence-electron chi connectivity index (χ2n) is 4.87. The van der Waals surface area contributed by atoms with E-state index in [9.17, 15) is 4.79 Å². The van der Waals surface area contributed by atoms with E-state index in [1.54, 1.807) is 48.8 Å². The van der Waals surface area contributed by atoms with Gasteiger partial charge in [-0.25, -0.2) is 9.78 Å². The molecule has 3 aromatic rings. The number of hydrogen-bond acceptors (Lipinski definition) is 5. The van der Waals surface area contributed by atoms with Crippen LogP contribution in [-0.4, -0.2) is 27.6 Å². The standard InChI is InChI=1S/C16H14N4O3/c1-10-15(19-18-12-4-6-13(23-2)7-5-12)20-9-11(16(21)22)3-8-14(20)17-10/h3-9H,1-2H3,(H,21,22). The SMILES string of the molecule is COc1ccc(N=Nc2c(C)nc3ccc(C(=O)O)cn23)cc1. The van der Waals surface area contributed by atoms with Crippen LogP contribution in [0.2, 0.25) is 0 Å². The molecule has 0 fully saturated rings. The molecular weight excluding hydrogens is 296 g/mol. The van der Waals surface area contributed by atoms with Crippen LogP contribution in [0, 0.1) is 6.92 Å². The van der Waals surface area contributed by atoms with Gasteiger partial charge in [0.25, 0.3) is 0 Å². The molecule has 3 rings (SSSR count). The molecule has 23 heavy (non-hydrogen) atoms. The number of carbonyl (C=O) groups is 1. The fourth-order valence-corrected chi connectivity index (χ4v) is 2.15. The van der Waals surface area contributed by atoms with Crippen molar-refractivity contribution in [2.75, 3.05) is 7.11 Å². The van der Waals surface area contributed by atoms with Crippen LogP contribution in [0.5, 0.6) is 5.75 Å². The summed E-state index contributed by atoms with van der Waals surface area (Å²) in [5.74, 6) is 0.233. The molecule has 7 nitrogen and oxygen atoms in total. The van der Waals surface area contributed by atoms with Gasteiger partial charge in [-0.3, -0.25) is 4.40 Å². The van der Waals surface area contributed by atoms with Crippen LogP contribution in [0.15, 0.2) is 52.8 Å². The second kappa shape index (κ2) is 5.88. The zero-order chi connectivity index (χ0) is 16.4. The first-order chi connectivity index (χ1) is 11.1. The highest BCUT2D eigenvalue weighted by molar-refractivity contribution is 5.87. The molecule has 0 saturated carbocycles. The molecule has 0 aliphatic carbocycles. The Morgan fingerprint density at radius 3 is 2.57 bits per heavy atom. The van der Waals surface area contributed by atoms with Gasteiger partial charge in [0, 0.05) is 6.20 Å². The van der Waals surface area contributed by atoms with Crippen LogP contribution in [0.4, 0.5) is 11.5 Å². The molecular formula is C16H14N4O3. The van der Waals surface area contributed by atoms with Crippen molar-refractivity contribution in [3.05, 3.63) is 53.9 Å². The van der Waals surface area contributed by atoms with Crippen molar-refractivity contribution in [2.45, 2.75) is 6.92 Å². The zero-order valence-electron chi connectivity index (χ0n) is 12.6. The number of benzene rings is 1. The number of pyridine rings is 1. The summed E-state index contributed by atoms with van der Waals surface area (Å²) in [6.07, 6.45) is 1.49. The molecule has 1 N–H and O–H groups in total. The number of methoxy groups -OCH3 is 1. The van der Waals surface area contributed by atoms with Crippen LogP contribution in [0.3, 0.4) is 0 Å². The first-order valence-electron chi connectivity index (χ1n) is 6.86. The van der Waals surface area contributed by atoms with Crippen molar-refractivity contribution in [2.24, 2.45) is 10.2 Å². The van der Waals surface area contributed by atoms with E-state index in [0.717, 1.165) is 5.75 Å². The molecule has 0 radical (unpaired) electrons. The first kappa shape index (κ1) is 14.7. The Balaban J connectivity index is 2.00. The Bertz CT molecular complexity index is 898. The number of azo groups is 1. The number of aromatic carboxylic acids is 1. The number of nitrogens with zero attached hydrogens (tertiary/aromatic N) is 4. The Labute approximate surface area is 131 Å². The van der Waals surface area contributed by atoms with Crippen LogP contribution in [0.25, 0.3) is 5.65 Å². The van der Waals surface area contributed by atoms with E-state index in [1.807, 2.05) is 0 Å². The summed E-state index contributed by atoms with van der Waals surface area (Å²) in [5, 5.41) is 17.5. The van der Waals surface area contributed by atoms with E-state index < -0.39 is 5.97 Å². The lowest BCUT2D eigenvalue weighted by molar-refractivity contribution is 0.0696. The lowest BCUT2D eigenvalue weighted by Gasteiger charge is -2.00. The summed E-state index contributed by atoms with van der Waals surface area (Å²) >= 11 is 0. The molecule has 0 aliphatic rings. The Morgan fingerprint density at radius 1 is 1.17 bits per heavy atom. The highest BCUT2D eigenvalue weighted by Crippen LogP contribution is 2.25. The van der Waals surface area contributed by atoms with Crippen LogP contribution in [0.1, 0.15) is 16.1 Å². The lowest BCUT2D eigenvalue weighted by Crippen LogP contribution is -1.98. The van der Waals surface area contributed by atoms with Gasteiger partial charge in [-0.2, -0.15) is 0 Å². The second-order valence-corrected chi connectivity index (χ2v) is 4.87. The quantitative estimate of drug-likeness (QED) is 0.743. The third kappa shape index (κ3) is 2.89. The molecule has 7 heteroatoms.